The minimum atomic E-state index is -0.238. The molecule has 20 heavy (non-hydrogen) atoms. The fourth-order valence-corrected chi connectivity index (χ4v) is 2.68. The lowest BCUT2D eigenvalue weighted by Crippen LogP contribution is -2.57. The van der Waals surface area contributed by atoms with Crippen molar-refractivity contribution >= 4 is 11.6 Å². The molecule has 2 atom stereocenters. The SMILES string of the molecule is CCNc1ncnc(NC2CC(O)C2(C)C)c1C(C)C. The fourth-order valence-electron chi connectivity index (χ4n) is 2.68. The average molecular weight is 278 g/mol. The van der Waals surface area contributed by atoms with Gasteiger partial charge in [-0.15, -0.1) is 0 Å². The van der Waals surface area contributed by atoms with E-state index >= 15 is 0 Å². The summed E-state index contributed by atoms with van der Waals surface area (Å²) in [5, 5.41) is 16.6. The van der Waals surface area contributed by atoms with Crippen LogP contribution in [0.1, 0.15) is 52.5 Å². The molecule has 0 radical (unpaired) electrons. The molecule has 0 spiro atoms. The van der Waals surface area contributed by atoms with Crippen LogP contribution < -0.4 is 10.6 Å². The third kappa shape index (κ3) is 2.59. The van der Waals surface area contributed by atoms with Crippen molar-refractivity contribution in [1.29, 1.82) is 0 Å². The molecule has 2 rings (SSSR count). The summed E-state index contributed by atoms with van der Waals surface area (Å²) >= 11 is 0. The second kappa shape index (κ2) is 5.56. The second-order valence-electron chi connectivity index (χ2n) is 6.44. The number of rotatable bonds is 5. The Morgan fingerprint density at radius 3 is 2.50 bits per heavy atom. The van der Waals surface area contributed by atoms with Crippen LogP contribution in [-0.4, -0.2) is 33.8 Å². The van der Waals surface area contributed by atoms with E-state index in [2.05, 4.69) is 55.2 Å². The van der Waals surface area contributed by atoms with Crippen molar-refractivity contribution in [2.45, 2.75) is 59.1 Å². The molecule has 0 saturated heterocycles. The van der Waals surface area contributed by atoms with E-state index in [1.165, 1.54) is 0 Å². The first-order valence-electron chi connectivity index (χ1n) is 7.41. The Hall–Kier alpha value is -1.36. The maximum Gasteiger partial charge on any atom is 0.135 e. The molecular formula is C15H26N4O. The lowest BCUT2D eigenvalue weighted by atomic mass is 9.64. The van der Waals surface area contributed by atoms with Crippen LogP contribution in [0.4, 0.5) is 11.6 Å². The van der Waals surface area contributed by atoms with Gasteiger partial charge in [0, 0.05) is 23.6 Å². The highest BCUT2D eigenvalue weighted by atomic mass is 16.3. The van der Waals surface area contributed by atoms with Crippen LogP contribution in [0.25, 0.3) is 0 Å². The summed E-state index contributed by atoms with van der Waals surface area (Å²) in [4.78, 5) is 8.75. The number of anilines is 2. The third-order valence-electron chi connectivity index (χ3n) is 4.33. The van der Waals surface area contributed by atoms with Gasteiger partial charge in [-0.05, 0) is 19.3 Å². The van der Waals surface area contributed by atoms with Crippen LogP contribution >= 0.6 is 0 Å². The fraction of sp³-hybridized carbons (Fsp3) is 0.733. The number of hydrogen-bond acceptors (Lipinski definition) is 5. The van der Waals surface area contributed by atoms with E-state index in [1.54, 1.807) is 6.33 Å². The Morgan fingerprint density at radius 1 is 1.35 bits per heavy atom. The molecule has 5 nitrogen and oxygen atoms in total. The van der Waals surface area contributed by atoms with Gasteiger partial charge in [0.1, 0.15) is 18.0 Å². The first kappa shape index (κ1) is 15.0. The van der Waals surface area contributed by atoms with Crippen molar-refractivity contribution < 1.29 is 5.11 Å². The quantitative estimate of drug-likeness (QED) is 0.772. The molecule has 0 aromatic carbocycles. The van der Waals surface area contributed by atoms with Gasteiger partial charge in [0.25, 0.3) is 0 Å². The van der Waals surface area contributed by atoms with Crippen LogP contribution in [0, 0.1) is 5.41 Å². The van der Waals surface area contributed by atoms with Crippen LogP contribution in [0.3, 0.4) is 0 Å². The van der Waals surface area contributed by atoms with Crippen LogP contribution in [0.2, 0.25) is 0 Å². The van der Waals surface area contributed by atoms with Crippen molar-refractivity contribution in [3.63, 3.8) is 0 Å². The first-order valence-corrected chi connectivity index (χ1v) is 7.41. The zero-order valence-electron chi connectivity index (χ0n) is 13.1. The Labute approximate surface area is 121 Å². The molecule has 0 amide bonds. The molecule has 1 aliphatic rings. The number of hydrogen-bond donors (Lipinski definition) is 3. The minimum absolute atomic E-state index is 0.114. The monoisotopic (exact) mass is 278 g/mol. The van der Waals surface area contributed by atoms with Gasteiger partial charge in [0.05, 0.1) is 6.10 Å². The minimum Gasteiger partial charge on any atom is -0.392 e. The zero-order chi connectivity index (χ0) is 14.9. The zero-order valence-corrected chi connectivity index (χ0v) is 13.1. The summed E-state index contributed by atoms with van der Waals surface area (Å²) in [7, 11) is 0. The molecule has 3 N–H and O–H groups in total. The average Bonchev–Trinajstić information content (AvgIpc) is 2.38. The largest absolute Gasteiger partial charge is 0.392 e. The van der Waals surface area contributed by atoms with Gasteiger partial charge in [-0.1, -0.05) is 27.7 Å². The van der Waals surface area contributed by atoms with Gasteiger partial charge in [-0.3, -0.25) is 0 Å². The van der Waals surface area contributed by atoms with Gasteiger partial charge in [0.15, 0.2) is 0 Å². The second-order valence-corrected chi connectivity index (χ2v) is 6.44. The molecule has 5 heteroatoms. The molecule has 1 fully saturated rings. The highest BCUT2D eigenvalue weighted by Crippen LogP contribution is 2.43. The predicted octanol–water partition coefficient (Wildman–Crippen LogP) is 2.60. The van der Waals surface area contributed by atoms with Gasteiger partial charge in [0.2, 0.25) is 0 Å². The van der Waals surface area contributed by atoms with E-state index in [0.717, 1.165) is 30.2 Å². The highest BCUT2D eigenvalue weighted by molar-refractivity contribution is 5.59. The lowest BCUT2D eigenvalue weighted by Gasteiger charge is -2.49. The van der Waals surface area contributed by atoms with Crippen molar-refractivity contribution in [3.05, 3.63) is 11.9 Å². The van der Waals surface area contributed by atoms with Crippen molar-refractivity contribution in [2.75, 3.05) is 17.2 Å². The number of aromatic nitrogens is 2. The smallest absolute Gasteiger partial charge is 0.135 e. The van der Waals surface area contributed by atoms with E-state index in [4.69, 9.17) is 0 Å². The normalized spacial score (nSPS) is 24.4. The molecule has 0 aliphatic heterocycles. The summed E-state index contributed by atoms with van der Waals surface area (Å²) in [6.07, 6.45) is 2.12. The highest BCUT2D eigenvalue weighted by Gasteiger charge is 2.47. The van der Waals surface area contributed by atoms with Crippen LogP contribution in [0.5, 0.6) is 0 Å². The van der Waals surface area contributed by atoms with Gasteiger partial charge < -0.3 is 15.7 Å². The molecule has 2 unspecified atom stereocenters. The summed E-state index contributed by atoms with van der Waals surface area (Å²) in [5.74, 6) is 2.12. The molecule has 0 bridgehead atoms. The van der Waals surface area contributed by atoms with E-state index in [9.17, 15) is 5.11 Å². The summed E-state index contributed by atoms with van der Waals surface area (Å²) < 4.78 is 0. The molecule has 1 aromatic heterocycles. The summed E-state index contributed by atoms with van der Waals surface area (Å²) in [5.41, 5.74) is 1.00. The maximum atomic E-state index is 9.86. The van der Waals surface area contributed by atoms with E-state index in [0.29, 0.717) is 5.92 Å². The Bertz CT molecular complexity index is 473. The molecule has 1 aliphatic carbocycles. The van der Waals surface area contributed by atoms with Crippen molar-refractivity contribution in [2.24, 2.45) is 5.41 Å². The molecule has 1 aromatic rings. The van der Waals surface area contributed by atoms with Gasteiger partial charge >= 0.3 is 0 Å². The van der Waals surface area contributed by atoms with Crippen molar-refractivity contribution in [1.82, 2.24) is 9.97 Å². The Morgan fingerprint density at radius 2 is 2.00 bits per heavy atom. The van der Waals surface area contributed by atoms with E-state index < -0.39 is 0 Å². The van der Waals surface area contributed by atoms with Crippen molar-refractivity contribution in [3.8, 4) is 0 Å². The van der Waals surface area contributed by atoms with Gasteiger partial charge in [-0.25, -0.2) is 9.97 Å². The Balaban J connectivity index is 2.26. The Kier molecular flexibility index (Phi) is 4.18. The maximum absolute atomic E-state index is 9.86. The molecule has 112 valence electrons. The molecule has 1 saturated carbocycles. The number of aliphatic hydroxyl groups is 1. The topological polar surface area (TPSA) is 70.1 Å². The third-order valence-corrected chi connectivity index (χ3v) is 4.33. The molecule has 1 heterocycles. The lowest BCUT2D eigenvalue weighted by molar-refractivity contribution is -0.0511. The number of nitrogens with zero attached hydrogens (tertiary/aromatic N) is 2. The summed E-state index contributed by atoms with van der Waals surface area (Å²) in [6, 6.07) is 0.249. The first-order chi connectivity index (χ1) is 9.37. The van der Waals surface area contributed by atoms with E-state index in [-0.39, 0.29) is 17.6 Å². The number of nitrogens with one attached hydrogen (secondary N) is 2. The molecular weight excluding hydrogens is 252 g/mol. The number of aliphatic hydroxyl groups excluding tert-OH is 1. The van der Waals surface area contributed by atoms with Gasteiger partial charge in [-0.2, -0.15) is 0 Å². The summed E-state index contributed by atoms with van der Waals surface area (Å²) in [6.45, 7) is 11.4. The predicted molar refractivity (Wildman–Crippen MR) is 82.1 cm³/mol. The van der Waals surface area contributed by atoms with Crippen LogP contribution in [0.15, 0.2) is 6.33 Å². The van der Waals surface area contributed by atoms with Crippen LogP contribution in [-0.2, 0) is 0 Å². The van der Waals surface area contributed by atoms with E-state index in [1.807, 2.05) is 0 Å². The standard InChI is InChI=1S/C15H26N4O/c1-6-16-13-12(9(2)3)14(18-8-17-13)19-10-7-11(20)15(10,4)5/h8-11,20H,6-7H2,1-5H3,(H2,16,17,18,19).